The number of carbonyl (C=O) groups is 1. The van der Waals surface area contributed by atoms with Crippen LogP contribution in [0.15, 0.2) is 58.3 Å². The van der Waals surface area contributed by atoms with Crippen LogP contribution in [-0.4, -0.2) is 30.0 Å². The molecular formula is C24H22N2O5S. The van der Waals surface area contributed by atoms with E-state index < -0.39 is 23.7 Å². The highest BCUT2D eigenvalue weighted by molar-refractivity contribution is 7.07. The maximum absolute atomic E-state index is 13.5. The van der Waals surface area contributed by atoms with Gasteiger partial charge in [0.2, 0.25) is 5.72 Å². The first kappa shape index (κ1) is 20.5. The van der Waals surface area contributed by atoms with Crippen LogP contribution in [0.4, 0.5) is 0 Å². The van der Waals surface area contributed by atoms with Gasteiger partial charge in [-0.3, -0.25) is 14.2 Å². The number of methoxy groups -OCH3 is 1. The predicted molar refractivity (Wildman–Crippen MR) is 120 cm³/mol. The highest BCUT2D eigenvalue weighted by Gasteiger charge is 2.55. The molecule has 0 saturated carbocycles. The highest BCUT2D eigenvalue weighted by Crippen LogP contribution is 2.47. The molecule has 0 N–H and O–H groups in total. The molecule has 2 aliphatic rings. The smallest absolute Gasteiger partial charge is 0.317 e. The van der Waals surface area contributed by atoms with Crippen LogP contribution in [0.5, 0.6) is 11.5 Å². The van der Waals surface area contributed by atoms with Gasteiger partial charge in [0.25, 0.3) is 5.56 Å². The Morgan fingerprint density at radius 3 is 2.72 bits per heavy atom. The number of carbonyl (C=O) groups excluding carboxylic acids is 1. The molecular weight excluding hydrogens is 428 g/mol. The zero-order valence-corrected chi connectivity index (χ0v) is 18.7. The number of nitrogens with zero attached hydrogens (tertiary/aromatic N) is 2. The minimum atomic E-state index is -1.17. The molecule has 2 bridgehead atoms. The van der Waals surface area contributed by atoms with Gasteiger partial charge in [-0.05, 0) is 43.7 Å². The SMILES string of the molecule is CCOC(=O)[C@@H]1[C@H]2c3ccccc3O[C@]1(C)N=c1s/c(=C/c3ccc(OC)cc3)c(=O)n12. The molecule has 0 radical (unpaired) electrons. The minimum absolute atomic E-state index is 0.192. The van der Waals surface area contributed by atoms with Gasteiger partial charge in [-0.2, -0.15) is 0 Å². The molecule has 0 fully saturated rings. The van der Waals surface area contributed by atoms with Gasteiger partial charge in [0.1, 0.15) is 17.4 Å². The van der Waals surface area contributed by atoms with Crippen molar-refractivity contribution in [3.05, 3.63) is 79.3 Å². The molecule has 32 heavy (non-hydrogen) atoms. The molecule has 164 valence electrons. The van der Waals surface area contributed by atoms with E-state index in [0.717, 1.165) is 16.9 Å². The zero-order valence-electron chi connectivity index (χ0n) is 17.9. The van der Waals surface area contributed by atoms with Crippen LogP contribution in [0.1, 0.15) is 31.0 Å². The Kier molecular flexibility index (Phi) is 4.89. The number of benzene rings is 2. The maximum atomic E-state index is 13.5. The van der Waals surface area contributed by atoms with Crippen molar-refractivity contribution >= 4 is 23.4 Å². The van der Waals surface area contributed by atoms with E-state index in [2.05, 4.69) is 0 Å². The van der Waals surface area contributed by atoms with Gasteiger partial charge in [-0.1, -0.05) is 41.7 Å². The van der Waals surface area contributed by atoms with E-state index in [1.165, 1.54) is 11.3 Å². The second-order valence-electron chi connectivity index (χ2n) is 7.82. The third-order valence-corrected chi connectivity index (χ3v) is 6.82. The fraction of sp³-hybridized carbons (Fsp3) is 0.292. The lowest BCUT2D eigenvalue weighted by molar-refractivity contribution is -0.160. The van der Waals surface area contributed by atoms with Gasteiger partial charge in [0.15, 0.2) is 4.80 Å². The van der Waals surface area contributed by atoms with Gasteiger partial charge in [0.05, 0.1) is 24.3 Å². The zero-order chi connectivity index (χ0) is 22.5. The Bertz CT molecular complexity index is 1370. The van der Waals surface area contributed by atoms with E-state index in [4.69, 9.17) is 19.2 Å². The van der Waals surface area contributed by atoms with Crippen molar-refractivity contribution < 1.29 is 19.0 Å². The van der Waals surface area contributed by atoms with Gasteiger partial charge < -0.3 is 14.2 Å². The minimum Gasteiger partial charge on any atom is -0.497 e. The number of rotatable bonds is 4. The van der Waals surface area contributed by atoms with Crippen molar-refractivity contribution in [3.8, 4) is 11.5 Å². The molecule has 2 aliphatic heterocycles. The van der Waals surface area contributed by atoms with Gasteiger partial charge in [-0.15, -0.1) is 0 Å². The van der Waals surface area contributed by atoms with Crippen LogP contribution in [0.2, 0.25) is 0 Å². The first-order chi connectivity index (χ1) is 15.4. The van der Waals surface area contributed by atoms with Crippen molar-refractivity contribution in [3.63, 3.8) is 0 Å². The number of esters is 1. The normalized spacial score (nSPS) is 23.4. The summed E-state index contributed by atoms with van der Waals surface area (Å²) in [7, 11) is 1.61. The molecule has 0 spiro atoms. The molecule has 0 aliphatic carbocycles. The van der Waals surface area contributed by atoms with Crippen LogP contribution >= 0.6 is 11.3 Å². The van der Waals surface area contributed by atoms with E-state index >= 15 is 0 Å². The molecule has 3 aromatic rings. The van der Waals surface area contributed by atoms with E-state index in [0.29, 0.717) is 15.1 Å². The Morgan fingerprint density at radius 2 is 2.00 bits per heavy atom. The highest BCUT2D eigenvalue weighted by atomic mass is 32.1. The average Bonchev–Trinajstić information content (AvgIpc) is 3.07. The third kappa shape index (κ3) is 3.14. The molecule has 3 atom stereocenters. The molecule has 7 nitrogen and oxygen atoms in total. The number of fused-ring (bicyclic) bond motifs is 6. The third-order valence-electron chi connectivity index (χ3n) is 5.83. The van der Waals surface area contributed by atoms with Crippen LogP contribution in [0, 0.1) is 5.92 Å². The van der Waals surface area contributed by atoms with E-state index in [1.807, 2.05) is 54.6 Å². The first-order valence-electron chi connectivity index (χ1n) is 10.4. The summed E-state index contributed by atoms with van der Waals surface area (Å²) in [6.07, 6.45) is 1.83. The van der Waals surface area contributed by atoms with Crippen molar-refractivity contribution in [2.24, 2.45) is 10.9 Å². The number of para-hydroxylation sites is 1. The van der Waals surface area contributed by atoms with Gasteiger partial charge in [-0.25, -0.2) is 4.99 Å². The summed E-state index contributed by atoms with van der Waals surface area (Å²) in [6.45, 7) is 3.77. The van der Waals surface area contributed by atoms with Crippen LogP contribution < -0.4 is 24.4 Å². The summed E-state index contributed by atoms with van der Waals surface area (Å²) < 4.78 is 18.9. The summed E-state index contributed by atoms with van der Waals surface area (Å²) in [5.74, 6) is 0.162. The average molecular weight is 451 g/mol. The lowest BCUT2D eigenvalue weighted by Crippen LogP contribution is -2.58. The number of hydrogen-bond donors (Lipinski definition) is 0. The monoisotopic (exact) mass is 450 g/mol. The Labute approximate surface area is 188 Å². The Hall–Kier alpha value is -3.39. The molecule has 1 aromatic heterocycles. The van der Waals surface area contributed by atoms with Crippen molar-refractivity contribution in [2.75, 3.05) is 13.7 Å². The molecule has 5 rings (SSSR count). The van der Waals surface area contributed by atoms with Gasteiger partial charge in [0, 0.05) is 5.56 Å². The lowest BCUT2D eigenvalue weighted by Gasteiger charge is -2.44. The van der Waals surface area contributed by atoms with Crippen LogP contribution in [0.3, 0.4) is 0 Å². The van der Waals surface area contributed by atoms with Crippen molar-refractivity contribution in [2.45, 2.75) is 25.6 Å². The molecule has 3 heterocycles. The number of thiazole rings is 1. The molecule has 0 saturated heterocycles. The first-order valence-corrected chi connectivity index (χ1v) is 11.2. The second kappa shape index (κ2) is 7.63. The Morgan fingerprint density at radius 1 is 1.25 bits per heavy atom. The number of hydrogen-bond acceptors (Lipinski definition) is 7. The van der Waals surface area contributed by atoms with Crippen LogP contribution in [-0.2, 0) is 9.53 Å². The number of ether oxygens (including phenoxy) is 3. The maximum Gasteiger partial charge on any atom is 0.317 e. The molecule has 0 amide bonds. The number of aromatic nitrogens is 1. The van der Waals surface area contributed by atoms with Crippen LogP contribution in [0.25, 0.3) is 6.08 Å². The standard InChI is InChI=1S/C24H22N2O5S/c1-4-30-22(28)19-20-16-7-5-6-8-17(16)31-24(19,2)25-23-26(20)21(27)18(32-23)13-14-9-11-15(29-3)12-10-14/h5-13,19-20H,4H2,1-3H3/b18-13+/t19-,20+,24-/m0/s1. The quantitative estimate of drug-likeness (QED) is 0.570. The topological polar surface area (TPSA) is 79.1 Å². The molecule has 0 unspecified atom stereocenters. The summed E-state index contributed by atoms with van der Waals surface area (Å²) in [5.41, 5.74) is 0.285. The molecule has 2 aromatic carbocycles. The summed E-state index contributed by atoms with van der Waals surface area (Å²) in [6, 6.07) is 14.4. The predicted octanol–water partition coefficient (Wildman–Crippen LogP) is 2.26. The fourth-order valence-corrected chi connectivity index (χ4v) is 5.49. The summed E-state index contributed by atoms with van der Waals surface area (Å²) in [5, 5.41) is 0. The van der Waals surface area contributed by atoms with Crippen molar-refractivity contribution in [1.82, 2.24) is 4.57 Å². The van der Waals surface area contributed by atoms with E-state index in [-0.39, 0.29) is 12.2 Å². The van der Waals surface area contributed by atoms with Crippen molar-refractivity contribution in [1.29, 1.82) is 0 Å². The largest absolute Gasteiger partial charge is 0.497 e. The van der Waals surface area contributed by atoms with E-state index in [9.17, 15) is 9.59 Å². The second-order valence-corrected chi connectivity index (χ2v) is 8.83. The van der Waals surface area contributed by atoms with Gasteiger partial charge >= 0.3 is 5.97 Å². The molecule has 8 heteroatoms. The summed E-state index contributed by atoms with van der Waals surface area (Å²) >= 11 is 1.29. The Balaban J connectivity index is 1.73. The lowest BCUT2D eigenvalue weighted by atomic mass is 9.81. The summed E-state index contributed by atoms with van der Waals surface area (Å²) in [4.78, 5) is 31.8. The van der Waals surface area contributed by atoms with E-state index in [1.54, 1.807) is 25.5 Å². The fourth-order valence-electron chi connectivity index (χ4n) is 4.39.